The Kier molecular flexibility index (Phi) is 7.93. The summed E-state index contributed by atoms with van der Waals surface area (Å²) >= 11 is 0. The van der Waals surface area contributed by atoms with Crippen molar-refractivity contribution >= 4 is 21.9 Å². The number of amides is 1. The van der Waals surface area contributed by atoms with Crippen LogP contribution in [0.15, 0.2) is 4.99 Å². The fourth-order valence-corrected chi connectivity index (χ4v) is 4.08. The number of piperidine rings is 1. The molecule has 1 amide bonds. The van der Waals surface area contributed by atoms with Gasteiger partial charge in [0, 0.05) is 45.2 Å². The average Bonchev–Trinajstić information content (AvgIpc) is 2.58. The molecule has 28 heavy (non-hydrogen) atoms. The molecule has 0 unspecified atom stereocenters. The minimum Gasteiger partial charge on any atom is -0.356 e. The van der Waals surface area contributed by atoms with Gasteiger partial charge in [0.2, 0.25) is 5.91 Å². The third-order valence-electron chi connectivity index (χ3n) is 5.07. The second-order valence-corrected chi connectivity index (χ2v) is 8.97. The van der Waals surface area contributed by atoms with Crippen molar-refractivity contribution in [3.8, 4) is 0 Å². The summed E-state index contributed by atoms with van der Waals surface area (Å²) in [5, 5.41) is 9.09. The van der Waals surface area contributed by atoms with E-state index in [1.165, 1.54) is 0 Å². The first kappa shape index (κ1) is 22.7. The van der Waals surface area contributed by atoms with E-state index in [1.54, 1.807) is 7.05 Å². The number of sulfonamides is 1. The van der Waals surface area contributed by atoms with Gasteiger partial charge in [-0.05, 0) is 32.1 Å². The second-order valence-electron chi connectivity index (χ2n) is 7.04. The quantitative estimate of drug-likeness (QED) is 0.316. The second kappa shape index (κ2) is 9.77. The molecular formula is C16H28F3N5O3S. The largest absolute Gasteiger partial charge is 0.511 e. The van der Waals surface area contributed by atoms with Gasteiger partial charge in [0.15, 0.2) is 5.96 Å². The molecular weight excluding hydrogens is 399 g/mol. The minimum absolute atomic E-state index is 0.106. The Labute approximate surface area is 163 Å². The van der Waals surface area contributed by atoms with E-state index >= 15 is 0 Å². The van der Waals surface area contributed by atoms with Crippen molar-refractivity contribution < 1.29 is 26.4 Å². The number of carbonyl (C=O) groups excluding carboxylic acids is 1. The number of nitrogens with zero attached hydrogens (tertiary/aromatic N) is 2. The molecule has 0 spiro atoms. The van der Waals surface area contributed by atoms with Crippen molar-refractivity contribution in [2.24, 2.45) is 10.9 Å². The van der Waals surface area contributed by atoms with E-state index in [0.29, 0.717) is 29.8 Å². The molecule has 8 nitrogen and oxygen atoms in total. The molecule has 12 heteroatoms. The van der Waals surface area contributed by atoms with Gasteiger partial charge in [-0.2, -0.15) is 17.5 Å². The summed E-state index contributed by atoms with van der Waals surface area (Å²) in [6.45, 7) is 0.756. The highest BCUT2D eigenvalue weighted by atomic mass is 32.2. The van der Waals surface area contributed by atoms with Gasteiger partial charge in [-0.3, -0.25) is 9.79 Å². The average molecular weight is 427 g/mol. The zero-order valence-electron chi connectivity index (χ0n) is 15.9. The highest BCUT2D eigenvalue weighted by Gasteiger charge is 2.50. The summed E-state index contributed by atoms with van der Waals surface area (Å²) in [6, 6.07) is -0.163. The fourth-order valence-electron chi connectivity index (χ4n) is 3.10. The maximum absolute atomic E-state index is 12.6. The first-order chi connectivity index (χ1) is 13.1. The van der Waals surface area contributed by atoms with Gasteiger partial charge in [-0.25, -0.2) is 8.42 Å². The van der Waals surface area contributed by atoms with E-state index in [4.69, 9.17) is 0 Å². The number of carbonyl (C=O) groups is 1. The van der Waals surface area contributed by atoms with E-state index in [9.17, 15) is 26.4 Å². The SMILES string of the molecule is CN=C(NCCCNC(=O)C1CCC1)NC1CCN(S(=O)(=O)C(F)(F)F)CC1. The van der Waals surface area contributed by atoms with Crippen molar-refractivity contribution in [2.45, 2.75) is 50.1 Å². The summed E-state index contributed by atoms with van der Waals surface area (Å²) in [5.74, 6) is 0.770. The van der Waals surface area contributed by atoms with Crippen LogP contribution in [0.25, 0.3) is 0 Å². The van der Waals surface area contributed by atoms with Crippen LogP contribution in [0.2, 0.25) is 0 Å². The lowest BCUT2D eigenvalue weighted by Crippen LogP contribution is -2.51. The highest BCUT2D eigenvalue weighted by molar-refractivity contribution is 7.90. The summed E-state index contributed by atoms with van der Waals surface area (Å²) in [4.78, 5) is 15.8. The fraction of sp³-hybridized carbons (Fsp3) is 0.875. The predicted molar refractivity (Wildman–Crippen MR) is 99.0 cm³/mol. The van der Waals surface area contributed by atoms with E-state index < -0.39 is 15.5 Å². The van der Waals surface area contributed by atoms with Gasteiger partial charge in [-0.15, -0.1) is 0 Å². The molecule has 0 bridgehead atoms. The molecule has 3 N–H and O–H groups in total. The van der Waals surface area contributed by atoms with E-state index in [-0.39, 0.29) is 43.8 Å². The lowest BCUT2D eigenvalue weighted by atomic mass is 9.85. The van der Waals surface area contributed by atoms with Crippen LogP contribution in [-0.4, -0.2) is 69.4 Å². The van der Waals surface area contributed by atoms with E-state index in [1.807, 2.05) is 0 Å². The molecule has 0 aromatic carbocycles. The molecule has 1 aliphatic heterocycles. The zero-order valence-corrected chi connectivity index (χ0v) is 16.7. The molecule has 2 fully saturated rings. The molecule has 162 valence electrons. The third kappa shape index (κ3) is 5.97. The first-order valence-electron chi connectivity index (χ1n) is 9.46. The van der Waals surface area contributed by atoms with Crippen molar-refractivity contribution in [3.63, 3.8) is 0 Å². The number of hydrogen-bond acceptors (Lipinski definition) is 4. The number of guanidine groups is 1. The molecule has 1 aliphatic carbocycles. The Morgan fingerprint density at radius 3 is 2.21 bits per heavy atom. The normalized spacial score (nSPS) is 20.5. The molecule has 0 radical (unpaired) electrons. The van der Waals surface area contributed by atoms with Gasteiger partial charge in [0.1, 0.15) is 0 Å². The van der Waals surface area contributed by atoms with Crippen molar-refractivity contribution in [1.82, 2.24) is 20.3 Å². The van der Waals surface area contributed by atoms with Crippen LogP contribution in [0.3, 0.4) is 0 Å². The highest BCUT2D eigenvalue weighted by Crippen LogP contribution is 2.29. The third-order valence-corrected chi connectivity index (χ3v) is 6.70. The Bertz CT molecular complexity index is 657. The summed E-state index contributed by atoms with van der Waals surface area (Å²) in [7, 11) is -3.68. The first-order valence-corrected chi connectivity index (χ1v) is 10.9. The smallest absolute Gasteiger partial charge is 0.356 e. The van der Waals surface area contributed by atoms with Crippen LogP contribution >= 0.6 is 0 Å². The Balaban J connectivity index is 1.65. The Morgan fingerprint density at radius 1 is 1.11 bits per heavy atom. The van der Waals surface area contributed by atoms with Crippen LogP contribution in [0.4, 0.5) is 13.2 Å². The number of rotatable bonds is 7. The van der Waals surface area contributed by atoms with Crippen molar-refractivity contribution in [2.75, 3.05) is 33.2 Å². The number of alkyl halides is 3. The van der Waals surface area contributed by atoms with Crippen LogP contribution < -0.4 is 16.0 Å². The zero-order chi connectivity index (χ0) is 20.8. The van der Waals surface area contributed by atoms with E-state index in [0.717, 1.165) is 19.3 Å². The number of halogens is 3. The lowest BCUT2D eigenvalue weighted by Gasteiger charge is -2.32. The molecule has 0 aromatic heterocycles. The summed E-state index contributed by atoms with van der Waals surface area (Å²) in [5.41, 5.74) is -5.26. The van der Waals surface area contributed by atoms with Gasteiger partial charge in [0.25, 0.3) is 0 Å². The van der Waals surface area contributed by atoms with Gasteiger partial charge in [-0.1, -0.05) is 6.42 Å². The van der Waals surface area contributed by atoms with Gasteiger partial charge < -0.3 is 16.0 Å². The molecule has 2 rings (SSSR count). The van der Waals surface area contributed by atoms with Crippen molar-refractivity contribution in [3.05, 3.63) is 0 Å². The molecule has 0 aromatic rings. The predicted octanol–water partition coefficient (Wildman–Crippen LogP) is 0.772. The molecule has 1 saturated heterocycles. The summed E-state index contributed by atoms with van der Waals surface area (Å²) < 4.78 is 61.1. The van der Waals surface area contributed by atoms with Crippen LogP contribution in [-0.2, 0) is 14.8 Å². The van der Waals surface area contributed by atoms with Crippen LogP contribution in [0.5, 0.6) is 0 Å². The topological polar surface area (TPSA) is 103 Å². The molecule has 0 atom stereocenters. The monoisotopic (exact) mass is 427 g/mol. The molecule has 2 aliphatic rings. The number of nitrogens with one attached hydrogen (secondary N) is 3. The summed E-state index contributed by atoms with van der Waals surface area (Å²) in [6.07, 6.45) is 4.26. The maximum atomic E-state index is 12.6. The Hall–Kier alpha value is -1.56. The Morgan fingerprint density at radius 2 is 1.71 bits per heavy atom. The van der Waals surface area contributed by atoms with Gasteiger partial charge >= 0.3 is 15.5 Å². The number of hydrogen-bond donors (Lipinski definition) is 3. The molecule has 1 heterocycles. The van der Waals surface area contributed by atoms with Crippen LogP contribution in [0, 0.1) is 5.92 Å². The van der Waals surface area contributed by atoms with E-state index in [2.05, 4.69) is 20.9 Å². The minimum atomic E-state index is -5.26. The molecule has 1 saturated carbocycles. The van der Waals surface area contributed by atoms with Crippen LogP contribution in [0.1, 0.15) is 38.5 Å². The standard InChI is InChI=1S/C16H28F3N5O3S/c1-20-15(22-9-3-8-21-14(25)12-4-2-5-12)23-13-6-10-24(11-7-13)28(26,27)16(17,18)19/h12-13H,2-11H2,1H3,(H,21,25)(H2,20,22,23). The number of aliphatic imine (C=N–C) groups is 1. The lowest BCUT2D eigenvalue weighted by molar-refractivity contribution is -0.127. The van der Waals surface area contributed by atoms with Gasteiger partial charge in [0.05, 0.1) is 0 Å². The maximum Gasteiger partial charge on any atom is 0.511 e. The van der Waals surface area contributed by atoms with Crippen molar-refractivity contribution in [1.29, 1.82) is 0 Å².